The molecule has 31 heavy (non-hydrogen) atoms. The molecule has 0 radical (unpaired) electrons. The maximum atomic E-state index is 4.62. The molecule has 3 heterocycles. The summed E-state index contributed by atoms with van der Waals surface area (Å²) in [5, 5.41) is 8.81. The van der Waals surface area contributed by atoms with Crippen LogP contribution in [0.4, 0.5) is 23.5 Å². The van der Waals surface area contributed by atoms with E-state index in [0.29, 0.717) is 17.8 Å². The van der Waals surface area contributed by atoms with Crippen molar-refractivity contribution in [3.8, 4) is 0 Å². The number of para-hydroxylation sites is 2. The van der Waals surface area contributed by atoms with Crippen molar-refractivity contribution in [3.63, 3.8) is 0 Å². The molecule has 0 spiro atoms. The lowest BCUT2D eigenvalue weighted by Gasteiger charge is -2.16. The van der Waals surface area contributed by atoms with Crippen molar-refractivity contribution < 1.29 is 0 Å². The normalized spacial score (nSPS) is 13.9. The maximum absolute atomic E-state index is 4.62. The van der Waals surface area contributed by atoms with Crippen molar-refractivity contribution in [3.05, 3.63) is 66.4 Å². The minimum absolute atomic E-state index is 0.409. The molecule has 0 bridgehead atoms. The maximum Gasteiger partial charge on any atom is 0.250 e. The summed E-state index contributed by atoms with van der Waals surface area (Å²) in [5.41, 5.74) is 6.10. The number of anilines is 4. The van der Waals surface area contributed by atoms with Crippen LogP contribution in [0.25, 0.3) is 10.9 Å². The van der Waals surface area contributed by atoms with E-state index in [2.05, 4.69) is 58.6 Å². The third-order valence-electron chi connectivity index (χ3n) is 5.34. The second-order valence-corrected chi connectivity index (χ2v) is 7.55. The highest BCUT2D eigenvalue weighted by Gasteiger charge is 2.17. The molecule has 2 N–H and O–H groups in total. The van der Waals surface area contributed by atoms with E-state index < -0.39 is 0 Å². The molecule has 1 aliphatic rings. The fraction of sp³-hybridized carbons (Fsp3) is 0.217. The molecule has 0 unspecified atom stereocenters. The minimum atomic E-state index is 0.409. The summed E-state index contributed by atoms with van der Waals surface area (Å²) >= 11 is 0. The van der Waals surface area contributed by atoms with Crippen LogP contribution < -0.4 is 15.6 Å². The molecule has 2 aromatic carbocycles. The Kier molecular flexibility index (Phi) is 5.18. The highest BCUT2D eigenvalue weighted by molar-refractivity contribution is 5.99. The van der Waals surface area contributed by atoms with Gasteiger partial charge in [-0.25, -0.2) is 5.43 Å². The van der Waals surface area contributed by atoms with Gasteiger partial charge in [0.15, 0.2) is 0 Å². The number of nitrogens with zero attached hydrogens (tertiary/aromatic N) is 6. The van der Waals surface area contributed by atoms with Gasteiger partial charge in [-0.05, 0) is 31.0 Å². The van der Waals surface area contributed by atoms with E-state index in [4.69, 9.17) is 0 Å². The summed E-state index contributed by atoms with van der Waals surface area (Å²) in [4.78, 5) is 15.9. The van der Waals surface area contributed by atoms with Crippen LogP contribution in [-0.4, -0.2) is 38.8 Å². The second kappa shape index (κ2) is 8.43. The second-order valence-electron chi connectivity index (χ2n) is 7.55. The van der Waals surface area contributed by atoms with Gasteiger partial charge in [0.05, 0.1) is 6.21 Å². The molecule has 0 amide bonds. The van der Waals surface area contributed by atoms with Crippen LogP contribution >= 0.6 is 0 Å². The number of benzene rings is 2. The molecule has 0 saturated carbocycles. The number of hydrazone groups is 1. The van der Waals surface area contributed by atoms with Gasteiger partial charge in [-0.1, -0.05) is 36.4 Å². The first-order chi connectivity index (χ1) is 15.3. The van der Waals surface area contributed by atoms with E-state index >= 15 is 0 Å². The molecule has 8 nitrogen and oxygen atoms in total. The van der Waals surface area contributed by atoms with E-state index in [1.54, 1.807) is 6.21 Å². The van der Waals surface area contributed by atoms with Gasteiger partial charge in [0.25, 0.3) is 0 Å². The SMILES string of the molecule is Cn1cc(C=NNc2nc(Nc3ccccc3)nc(N3CCCC3)n2)c2ccccc21. The van der Waals surface area contributed by atoms with Crippen LogP contribution in [-0.2, 0) is 7.05 Å². The Labute approximate surface area is 180 Å². The Bertz CT molecular complexity index is 1210. The first kappa shape index (κ1) is 19.0. The molecule has 4 aromatic rings. The molecule has 2 aromatic heterocycles. The Balaban J connectivity index is 1.41. The molecule has 8 heteroatoms. The van der Waals surface area contributed by atoms with E-state index in [1.165, 1.54) is 0 Å². The van der Waals surface area contributed by atoms with Crippen molar-refractivity contribution in [2.75, 3.05) is 28.7 Å². The molecule has 156 valence electrons. The third kappa shape index (κ3) is 4.18. The van der Waals surface area contributed by atoms with Gasteiger partial charge >= 0.3 is 0 Å². The lowest BCUT2D eigenvalue weighted by atomic mass is 10.2. The van der Waals surface area contributed by atoms with Crippen LogP contribution in [0.1, 0.15) is 18.4 Å². The summed E-state index contributed by atoms with van der Waals surface area (Å²) in [7, 11) is 2.03. The summed E-state index contributed by atoms with van der Waals surface area (Å²) in [6, 6.07) is 18.1. The van der Waals surface area contributed by atoms with Crippen LogP contribution in [0.5, 0.6) is 0 Å². The number of hydrogen-bond acceptors (Lipinski definition) is 7. The summed E-state index contributed by atoms with van der Waals surface area (Å²) < 4.78 is 2.09. The van der Waals surface area contributed by atoms with Crippen LogP contribution in [0, 0.1) is 0 Å². The lowest BCUT2D eigenvalue weighted by Crippen LogP contribution is -2.21. The van der Waals surface area contributed by atoms with Gasteiger partial charge in [0, 0.05) is 48.5 Å². The van der Waals surface area contributed by atoms with E-state index in [9.17, 15) is 0 Å². The van der Waals surface area contributed by atoms with Crippen molar-refractivity contribution in [1.82, 2.24) is 19.5 Å². The number of nitrogens with one attached hydrogen (secondary N) is 2. The van der Waals surface area contributed by atoms with Crippen LogP contribution in [0.2, 0.25) is 0 Å². The average Bonchev–Trinajstić information content (AvgIpc) is 3.44. The predicted molar refractivity (Wildman–Crippen MR) is 125 cm³/mol. The Hall–Kier alpha value is -3.94. The van der Waals surface area contributed by atoms with Crippen molar-refractivity contribution in [1.29, 1.82) is 0 Å². The topological polar surface area (TPSA) is 83.3 Å². The number of hydrogen-bond donors (Lipinski definition) is 2. The zero-order valence-electron chi connectivity index (χ0n) is 17.4. The van der Waals surface area contributed by atoms with Crippen molar-refractivity contribution in [2.24, 2.45) is 12.1 Å². The number of aryl methyl sites for hydroxylation is 1. The number of aromatic nitrogens is 4. The Morgan fingerprint density at radius 2 is 1.65 bits per heavy atom. The smallest absolute Gasteiger partial charge is 0.250 e. The highest BCUT2D eigenvalue weighted by atomic mass is 15.4. The van der Waals surface area contributed by atoms with E-state index in [-0.39, 0.29) is 0 Å². The fourth-order valence-electron chi connectivity index (χ4n) is 3.82. The van der Waals surface area contributed by atoms with Crippen molar-refractivity contribution >= 4 is 40.6 Å². The zero-order valence-corrected chi connectivity index (χ0v) is 17.4. The molecule has 1 aliphatic heterocycles. The largest absolute Gasteiger partial charge is 0.350 e. The van der Waals surface area contributed by atoms with Gasteiger partial charge < -0.3 is 14.8 Å². The number of rotatable bonds is 6. The van der Waals surface area contributed by atoms with Crippen molar-refractivity contribution in [2.45, 2.75) is 12.8 Å². The lowest BCUT2D eigenvalue weighted by molar-refractivity contribution is 0.883. The molecule has 1 saturated heterocycles. The number of fused-ring (bicyclic) bond motifs is 1. The van der Waals surface area contributed by atoms with E-state index in [0.717, 1.165) is 48.1 Å². The molecular weight excluding hydrogens is 388 g/mol. The van der Waals surface area contributed by atoms with Gasteiger partial charge in [-0.3, -0.25) is 0 Å². The van der Waals surface area contributed by atoms with Crippen LogP contribution in [0.3, 0.4) is 0 Å². The molecular formula is C23H24N8. The van der Waals surface area contributed by atoms with E-state index in [1.807, 2.05) is 49.5 Å². The molecule has 0 atom stereocenters. The fourth-order valence-corrected chi connectivity index (χ4v) is 3.82. The molecule has 5 rings (SSSR count). The van der Waals surface area contributed by atoms with Gasteiger partial charge in [-0.15, -0.1) is 0 Å². The first-order valence-electron chi connectivity index (χ1n) is 10.4. The Morgan fingerprint density at radius 1 is 0.903 bits per heavy atom. The summed E-state index contributed by atoms with van der Waals surface area (Å²) in [5.74, 6) is 1.56. The van der Waals surface area contributed by atoms with Crippen LogP contribution in [0.15, 0.2) is 65.9 Å². The van der Waals surface area contributed by atoms with Gasteiger partial charge in [0.1, 0.15) is 0 Å². The molecule has 0 aliphatic carbocycles. The zero-order chi connectivity index (χ0) is 21.0. The third-order valence-corrected chi connectivity index (χ3v) is 5.34. The first-order valence-corrected chi connectivity index (χ1v) is 10.4. The predicted octanol–water partition coefficient (Wildman–Crippen LogP) is 4.15. The molecule has 1 fully saturated rings. The monoisotopic (exact) mass is 412 g/mol. The minimum Gasteiger partial charge on any atom is -0.350 e. The van der Waals surface area contributed by atoms with Gasteiger partial charge in [-0.2, -0.15) is 20.1 Å². The highest BCUT2D eigenvalue weighted by Crippen LogP contribution is 2.21. The average molecular weight is 413 g/mol. The Morgan fingerprint density at radius 3 is 2.48 bits per heavy atom. The quantitative estimate of drug-likeness (QED) is 0.366. The van der Waals surface area contributed by atoms with Gasteiger partial charge in [0.2, 0.25) is 17.8 Å². The standard InChI is InChI=1S/C23H24N8/c1-30-16-17(19-11-5-6-12-20(19)30)15-24-29-22-26-21(25-18-9-3-2-4-10-18)27-23(28-22)31-13-7-8-14-31/h2-6,9-12,15-16H,7-8,13-14H2,1H3,(H2,25,26,27,28,29). The summed E-state index contributed by atoms with van der Waals surface area (Å²) in [6.07, 6.45) is 6.15. The summed E-state index contributed by atoms with van der Waals surface area (Å²) in [6.45, 7) is 1.90.